The summed E-state index contributed by atoms with van der Waals surface area (Å²) in [5.41, 5.74) is 0.702. The van der Waals surface area contributed by atoms with Gasteiger partial charge in [-0.15, -0.1) is 0 Å². The number of hydrogen-bond acceptors (Lipinski definition) is 4. The first kappa shape index (κ1) is 15.1. The van der Waals surface area contributed by atoms with E-state index >= 15 is 0 Å². The molecule has 1 aromatic heterocycles. The third-order valence-corrected chi connectivity index (χ3v) is 3.70. The Morgan fingerprint density at radius 2 is 2.05 bits per heavy atom. The van der Waals surface area contributed by atoms with Crippen LogP contribution in [0, 0.1) is 12.7 Å². The van der Waals surface area contributed by atoms with Gasteiger partial charge in [0.15, 0.2) is 5.82 Å². The number of aromatic nitrogens is 1. The maximum Gasteiger partial charge on any atom is 0.258 e. The number of carbonyl (C=O) groups is 1. The van der Waals surface area contributed by atoms with Gasteiger partial charge in [0.2, 0.25) is 10.0 Å². The van der Waals surface area contributed by atoms with Gasteiger partial charge in [-0.25, -0.2) is 17.9 Å². The molecule has 8 heteroatoms. The predicted molar refractivity (Wildman–Crippen MR) is 74.7 cm³/mol. The maximum atomic E-state index is 13.4. The standard InChI is InChI=1S/C13H12FN3O3S/c1-8-6-9(21(15,19)20)2-3-12(8)17-13(18)10-4-5-16-7-11(10)14/h2-7H,1H3,(H,17,18)(H2,15,19,20). The number of pyridine rings is 1. The highest BCUT2D eigenvalue weighted by atomic mass is 32.2. The second-order valence-electron chi connectivity index (χ2n) is 4.33. The molecular weight excluding hydrogens is 297 g/mol. The smallest absolute Gasteiger partial charge is 0.258 e. The lowest BCUT2D eigenvalue weighted by Crippen LogP contribution is -2.16. The van der Waals surface area contributed by atoms with Crippen LogP contribution in [0.3, 0.4) is 0 Å². The van der Waals surface area contributed by atoms with Crippen molar-refractivity contribution in [1.82, 2.24) is 4.98 Å². The van der Waals surface area contributed by atoms with E-state index in [0.29, 0.717) is 11.3 Å². The number of rotatable bonds is 3. The number of primary sulfonamides is 1. The van der Waals surface area contributed by atoms with Gasteiger partial charge in [-0.3, -0.25) is 9.78 Å². The molecule has 0 spiro atoms. The van der Waals surface area contributed by atoms with Crippen LogP contribution in [0.15, 0.2) is 41.6 Å². The number of sulfonamides is 1. The molecule has 0 aliphatic carbocycles. The Kier molecular flexibility index (Phi) is 4.01. The number of anilines is 1. The summed E-state index contributed by atoms with van der Waals surface area (Å²) in [5, 5.41) is 7.52. The van der Waals surface area contributed by atoms with Gasteiger partial charge in [0.05, 0.1) is 16.7 Å². The number of benzene rings is 1. The molecule has 0 bridgehead atoms. The van der Waals surface area contributed by atoms with Gasteiger partial charge in [0, 0.05) is 11.9 Å². The number of nitrogens with one attached hydrogen (secondary N) is 1. The third-order valence-electron chi connectivity index (χ3n) is 2.79. The summed E-state index contributed by atoms with van der Waals surface area (Å²) in [4.78, 5) is 15.4. The van der Waals surface area contributed by atoms with Crippen molar-refractivity contribution in [2.75, 3.05) is 5.32 Å². The van der Waals surface area contributed by atoms with E-state index in [9.17, 15) is 17.6 Å². The van der Waals surface area contributed by atoms with E-state index in [1.165, 1.54) is 30.5 Å². The molecule has 1 aromatic carbocycles. The average molecular weight is 309 g/mol. The highest BCUT2D eigenvalue weighted by Gasteiger charge is 2.14. The number of nitrogens with zero attached hydrogens (tertiary/aromatic N) is 1. The Morgan fingerprint density at radius 3 is 2.62 bits per heavy atom. The molecule has 21 heavy (non-hydrogen) atoms. The second kappa shape index (κ2) is 5.58. The molecule has 1 amide bonds. The topological polar surface area (TPSA) is 102 Å². The quantitative estimate of drug-likeness (QED) is 0.895. The van der Waals surface area contributed by atoms with E-state index in [0.717, 1.165) is 6.20 Å². The zero-order chi connectivity index (χ0) is 15.6. The summed E-state index contributed by atoms with van der Waals surface area (Å²) in [6.45, 7) is 1.60. The zero-order valence-electron chi connectivity index (χ0n) is 11.0. The summed E-state index contributed by atoms with van der Waals surface area (Å²) in [7, 11) is -3.81. The SMILES string of the molecule is Cc1cc(S(N)(=O)=O)ccc1NC(=O)c1ccncc1F. The zero-order valence-corrected chi connectivity index (χ0v) is 11.8. The number of hydrogen-bond donors (Lipinski definition) is 2. The minimum Gasteiger partial charge on any atom is -0.322 e. The Morgan fingerprint density at radius 1 is 1.33 bits per heavy atom. The van der Waals surface area contributed by atoms with Crippen molar-refractivity contribution in [2.24, 2.45) is 5.14 Å². The monoisotopic (exact) mass is 309 g/mol. The van der Waals surface area contributed by atoms with Crippen LogP contribution in [0.5, 0.6) is 0 Å². The predicted octanol–water partition coefficient (Wildman–Crippen LogP) is 1.43. The van der Waals surface area contributed by atoms with Gasteiger partial charge in [-0.05, 0) is 36.8 Å². The number of carbonyl (C=O) groups excluding carboxylic acids is 1. The van der Waals surface area contributed by atoms with Crippen molar-refractivity contribution in [3.63, 3.8) is 0 Å². The molecule has 3 N–H and O–H groups in total. The fraction of sp³-hybridized carbons (Fsp3) is 0.0769. The van der Waals surface area contributed by atoms with Gasteiger partial charge < -0.3 is 5.32 Å². The molecule has 0 atom stereocenters. The molecule has 0 aliphatic rings. The molecule has 110 valence electrons. The van der Waals surface area contributed by atoms with Crippen LogP contribution in [-0.4, -0.2) is 19.3 Å². The molecule has 6 nitrogen and oxygen atoms in total. The molecule has 0 unspecified atom stereocenters. The van der Waals surface area contributed by atoms with Crippen LogP contribution in [0.25, 0.3) is 0 Å². The van der Waals surface area contributed by atoms with Crippen LogP contribution in [0.2, 0.25) is 0 Å². The molecule has 2 aromatic rings. The number of nitrogens with two attached hydrogens (primary N) is 1. The van der Waals surface area contributed by atoms with Gasteiger partial charge in [0.1, 0.15) is 0 Å². The normalized spacial score (nSPS) is 11.2. The molecule has 0 saturated heterocycles. The van der Waals surface area contributed by atoms with Crippen molar-refractivity contribution in [3.8, 4) is 0 Å². The summed E-state index contributed by atoms with van der Waals surface area (Å²) >= 11 is 0. The van der Waals surface area contributed by atoms with E-state index in [1.807, 2.05) is 0 Å². The minimum atomic E-state index is -3.81. The maximum absolute atomic E-state index is 13.4. The molecule has 0 aliphatic heterocycles. The van der Waals surface area contributed by atoms with Crippen molar-refractivity contribution in [2.45, 2.75) is 11.8 Å². The van der Waals surface area contributed by atoms with E-state index in [2.05, 4.69) is 10.3 Å². The van der Waals surface area contributed by atoms with Crippen LogP contribution >= 0.6 is 0 Å². The number of halogens is 1. The third kappa shape index (κ3) is 3.41. The van der Waals surface area contributed by atoms with Crippen LogP contribution in [-0.2, 0) is 10.0 Å². The molecule has 0 fully saturated rings. The summed E-state index contributed by atoms with van der Waals surface area (Å²) in [6.07, 6.45) is 2.24. The first-order chi connectivity index (χ1) is 9.79. The molecular formula is C13H12FN3O3S. The van der Waals surface area contributed by atoms with Gasteiger partial charge in [-0.1, -0.05) is 0 Å². The lowest BCUT2D eigenvalue weighted by molar-refractivity contribution is 0.102. The lowest BCUT2D eigenvalue weighted by atomic mass is 10.2. The minimum absolute atomic E-state index is 0.0620. The van der Waals surface area contributed by atoms with Crippen LogP contribution in [0.4, 0.5) is 10.1 Å². The van der Waals surface area contributed by atoms with Crippen molar-refractivity contribution in [3.05, 3.63) is 53.6 Å². The van der Waals surface area contributed by atoms with E-state index in [4.69, 9.17) is 5.14 Å². The van der Waals surface area contributed by atoms with Crippen LogP contribution in [0.1, 0.15) is 15.9 Å². The fourth-order valence-corrected chi connectivity index (χ4v) is 2.30. The van der Waals surface area contributed by atoms with Gasteiger partial charge in [-0.2, -0.15) is 0 Å². The Balaban J connectivity index is 2.29. The van der Waals surface area contributed by atoms with Crippen molar-refractivity contribution in [1.29, 1.82) is 0 Å². The molecule has 0 saturated carbocycles. The van der Waals surface area contributed by atoms with Gasteiger partial charge in [0.25, 0.3) is 5.91 Å². The Labute approximate surface area is 120 Å². The van der Waals surface area contributed by atoms with E-state index in [-0.39, 0.29) is 10.5 Å². The largest absolute Gasteiger partial charge is 0.322 e. The highest BCUT2D eigenvalue weighted by molar-refractivity contribution is 7.89. The van der Waals surface area contributed by atoms with E-state index in [1.54, 1.807) is 6.92 Å². The molecule has 1 heterocycles. The Hall–Kier alpha value is -2.32. The average Bonchev–Trinajstić information content (AvgIpc) is 2.40. The first-order valence-corrected chi connectivity index (χ1v) is 7.38. The lowest BCUT2D eigenvalue weighted by Gasteiger charge is -2.10. The number of aryl methyl sites for hydroxylation is 1. The molecule has 0 radical (unpaired) electrons. The summed E-state index contributed by atoms with van der Waals surface area (Å²) in [6, 6.07) is 5.24. The van der Waals surface area contributed by atoms with Gasteiger partial charge >= 0.3 is 0 Å². The second-order valence-corrected chi connectivity index (χ2v) is 5.89. The molecule has 2 rings (SSSR count). The van der Waals surface area contributed by atoms with E-state index < -0.39 is 21.7 Å². The van der Waals surface area contributed by atoms with Crippen molar-refractivity contribution < 1.29 is 17.6 Å². The first-order valence-electron chi connectivity index (χ1n) is 5.83. The highest BCUT2D eigenvalue weighted by Crippen LogP contribution is 2.20. The number of amides is 1. The van der Waals surface area contributed by atoms with Crippen molar-refractivity contribution >= 4 is 21.6 Å². The summed E-state index contributed by atoms with van der Waals surface area (Å²) in [5.74, 6) is -1.39. The summed E-state index contributed by atoms with van der Waals surface area (Å²) < 4.78 is 35.9. The fourth-order valence-electron chi connectivity index (χ4n) is 1.70. The van der Waals surface area contributed by atoms with Crippen LogP contribution < -0.4 is 10.5 Å². The Bertz CT molecular complexity index is 806.